The second-order valence-electron chi connectivity index (χ2n) is 5.70. The van der Waals surface area contributed by atoms with Gasteiger partial charge >= 0.3 is 0 Å². The Morgan fingerprint density at radius 1 is 0.952 bits per heavy atom. The standard InChI is InChI=1S/C17H19N3S/c1-18-7-9-19(10-8-18)15-3-2-14-4-6-20(17(14)12-15)16-5-11-21-13-16/h2-6,11-13H,7-10H2,1H3. The zero-order valence-electron chi connectivity index (χ0n) is 12.2. The summed E-state index contributed by atoms with van der Waals surface area (Å²) in [5.74, 6) is 0. The third-order valence-electron chi connectivity index (χ3n) is 4.33. The molecule has 4 heteroatoms. The van der Waals surface area contributed by atoms with Gasteiger partial charge in [-0.1, -0.05) is 6.07 Å². The van der Waals surface area contributed by atoms with E-state index in [0.717, 1.165) is 26.2 Å². The van der Waals surface area contributed by atoms with Crippen LogP contribution < -0.4 is 4.90 Å². The predicted molar refractivity (Wildman–Crippen MR) is 90.9 cm³/mol. The highest BCUT2D eigenvalue weighted by Gasteiger charge is 2.15. The van der Waals surface area contributed by atoms with Crippen molar-refractivity contribution in [3.63, 3.8) is 0 Å². The van der Waals surface area contributed by atoms with Gasteiger partial charge in [0.15, 0.2) is 0 Å². The Kier molecular flexibility index (Phi) is 3.20. The average Bonchev–Trinajstić information content (AvgIpc) is 3.16. The van der Waals surface area contributed by atoms with Gasteiger partial charge in [-0.15, -0.1) is 0 Å². The van der Waals surface area contributed by atoms with Crippen molar-refractivity contribution in [3.05, 3.63) is 47.3 Å². The second kappa shape index (κ2) is 5.20. The lowest BCUT2D eigenvalue weighted by atomic mass is 10.2. The van der Waals surface area contributed by atoms with Crippen LogP contribution in [0.25, 0.3) is 16.6 Å². The molecule has 0 radical (unpaired) electrons. The maximum Gasteiger partial charge on any atom is 0.0562 e. The molecule has 3 nitrogen and oxygen atoms in total. The summed E-state index contributed by atoms with van der Waals surface area (Å²) < 4.78 is 2.28. The van der Waals surface area contributed by atoms with E-state index < -0.39 is 0 Å². The van der Waals surface area contributed by atoms with E-state index in [2.05, 4.69) is 68.7 Å². The monoisotopic (exact) mass is 297 g/mol. The smallest absolute Gasteiger partial charge is 0.0562 e. The highest BCUT2D eigenvalue weighted by Crippen LogP contribution is 2.27. The summed E-state index contributed by atoms with van der Waals surface area (Å²) >= 11 is 1.74. The number of rotatable bonds is 2. The number of aromatic nitrogens is 1. The van der Waals surface area contributed by atoms with Gasteiger partial charge in [-0.3, -0.25) is 0 Å². The van der Waals surface area contributed by atoms with Crippen LogP contribution in [-0.4, -0.2) is 42.7 Å². The predicted octanol–water partition coefficient (Wildman–Crippen LogP) is 3.44. The first-order valence-electron chi connectivity index (χ1n) is 7.38. The van der Waals surface area contributed by atoms with Crippen molar-refractivity contribution in [2.75, 3.05) is 38.1 Å². The SMILES string of the molecule is CN1CCN(c2ccc3ccn(-c4ccsc4)c3c2)CC1. The summed E-state index contributed by atoms with van der Waals surface area (Å²) in [7, 11) is 2.20. The Morgan fingerprint density at radius 3 is 2.57 bits per heavy atom. The fourth-order valence-electron chi connectivity index (χ4n) is 3.00. The van der Waals surface area contributed by atoms with Crippen LogP contribution in [0.4, 0.5) is 5.69 Å². The van der Waals surface area contributed by atoms with Gasteiger partial charge < -0.3 is 14.4 Å². The molecule has 2 aromatic heterocycles. The summed E-state index contributed by atoms with van der Waals surface area (Å²) in [4.78, 5) is 4.88. The van der Waals surface area contributed by atoms with E-state index in [4.69, 9.17) is 0 Å². The molecule has 0 spiro atoms. The number of hydrogen-bond donors (Lipinski definition) is 0. The number of fused-ring (bicyclic) bond motifs is 1. The Hall–Kier alpha value is -1.78. The minimum absolute atomic E-state index is 1.11. The molecule has 0 unspecified atom stereocenters. The molecule has 0 N–H and O–H groups in total. The Morgan fingerprint density at radius 2 is 1.81 bits per heavy atom. The van der Waals surface area contributed by atoms with Gasteiger partial charge in [0.2, 0.25) is 0 Å². The first-order chi connectivity index (χ1) is 10.3. The second-order valence-corrected chi connectivity index (χ2v) is 6.48. The number of likely N-dealkylation sites (N-methyl/N-ethyl adjacent to an activating group) is 1. The highest BCUT2D eigenvalue weighted by molar-refractivity contribution is 7.08. The molecule has 0 aliphatic carbocycles. The maximum absolute atomic E-state index is 2.49. The number of piperazine rings is 1. The fourth-order valence-corrected chi connectivity index (χ4v) is 3.63. The molecule has 3 heterocycles. The number of anilines is 1. The van der Waals surface area contributed by atoms with Gasteiger partial charge in [0.25, 0.3) is 0 Å². The summed E-state index contributed by atoms with van der Waals surface area (Å²) in [6.07, 6.45) is 2.17. The van der Waals surface area contributed by atoms with Crippen molar-refractivity contribution in [3.8, 4) is 5.69 Å². The summed E-state index contributed by atoms with van der Waals surface area (Å²) in [5, 5.41) is 5.63. The van der Waals surface area contributed by atoms with Crippen molar-refractivity contribution < 1.29 is 0 Å². The highest BCUT2D eigenvalue weighted by atomic mass is 32.1. The molecule has 0 atom stereocenters. The fraction of sp³-hybridized carbons (Fsp3) is 0.294. The molecule has 3 aromatic rings. The Bertz CT molecular complexity index is 737. The van der Waals surface area contributed by atoms with E-state index in [1.807, 2.05) is 0 Å². The molecule has 1 aliphatic rings. The molecule has 108 valence electrons. The van der Waals surface area contributed by atoms with E-state index in [-0.39, 0.29) is 0 Å². The molecule has 0 amide bonds. The molecular formula is C17H19N3S. The zero-order chi connectivity index (χ0) is 14.2. The van der Waals surface area contributed by atoms with E-state index in [1.165, 1.54) is 22.3 Å². The van der Waals surface area contributed by atoms with Crippen LogP contribution in [0.5, 0.6) is 0 Å². The van der Waals surface area contributed by atoms with Gasteiger partial charge in [-0.05, 0) is 36.7 Å². The first-order valence-corrected chi connectivity index (χ1v) is 8.33. The van der Waals surface area contributed by atoms with E-state index >= 15 is 0 Å². The number of thiophene rings is 1. The van der Waals surface area contributed by atoms with Crippen LogP contribution >= 0.6 is 11.3 Å². The molecular weight excluding hydrogens is 278 g/mol. The van der Waals surface area contributed by atoms with Crippen molar-refractivity contribution in [1.29, 1.82) is 0 Å². The first kappa shape index (κ1) is 12.9. The molecule has 0 bridgehead atoms. The molecule has 21 heavy (non-hydrogen) atoms. The number of nitrogens with zero attached hydrogens (tertiary/aromatic N) is 3. The van der Waals surface area contributed by atoms with Crippen LogP contribution in [0.3, 0.4) is 0 Å². The quantitative estimate of drug-likeness (QED) is 0.718. The third kappa shape index (κ3) is 2.34. The molecule has 4 rings (SSSR count). The van der Waals surface area contributed by atoms with Gasteiger partial charge in [0.05, 0.1) is 11.2 Å². The van der Waals surface area contributed by atoms with Crippen molar-refractivity contribution in [1.82, 2.24) is 9.47 Å². The third-order valence-corrected chi connectivity index (χ3v) is 5.00. The van der Waals surface area contributed by atoms with Gasteiger partial charge in [-0.2, -0.15) is 11.3 Å². The molecule has 1 fully saturated rings. The van der Waals surface area contributed by atoms with Crippen molar-refractivity contribution in [2.45, 2.75) is 0 Å². The lowest BCUT2D eigenvalue weighted by Gasteiger charge is -2.34. The summed E-state index contributed by atoms with van der Waals surface area (Å²) in [5.41, 5.74) is 3.89. The lowest BCUT2D eigenvalue weighted by molar-refractivity contribution is 0.313. The van der Waals surface area contributed by atoms with Gasteiger partial charge in [-0.25, -0.2) is 0 Å². The Balaban J connectivity index is 1.73. The minimum Gasteiger partial charge on any atom is -0.369 e. The van der Waals surface area contributed by atoms with Crippen LogP contribution in [0, 0.1) is 0 Å². The molecule has 1 saturated heterocycles. The molecule has 1 aromatic carbocycles. The lowest BCUT2D eigenvalue weighted by Crippen LogP contribution is -2.44. The van der Waals surface area contributed by atoms with Crippen LogP contribution in [0.1, 0.15) is 0 Å². The topological polar surface area (TPSA) is 11.4 Å². The summed E-state index contributed by atoms with van der Waals surface area (Å²) in [6, 6.07) is 11.2. The largest absolute Gasteiger partial charge is 0.369 e. The van der Waals surface area contributed by atoms with E-state index in [1.54, 1.807) is 11.3 Å². The minimum atomic E-state index is 1.11. The number of hydrogen-bond acceptors (Lipinski definition) is 3. The van der Waals surface area contributed by atoms with E-state index in [9.17, 15) is 0 Å². The van der Waals surface area contributed by atoms with Crippen LogP contribution in [0.2, 0.25) is 0 Å². The molecule has 1 aliphatic heterocycles. The van der Waals surface area contributed by atoms with Gasteiger partial charge in [0.1, 0.15) is 0 Å². The van der Waals surface area contributed by atoms with Crippen LogP contribution in [0.15, 0.2) is 47.3 Å². The van der Waals surface area contributed by atoms with Gasteiger partial charge in [0, 0.05) is 48.8 Å². The van der Waals surface area contributed by atoms with Crippen molar-refractivity contribution >= 4 is 27.9 Å². The maximum atomic E-state index is 2.49. The Labute approximate surface area is 129 Å². The van der Waals surface area contributed by atoms with E-state index in [0.29, 0.717) is 0 Å². The number of benzene rings is 1. The van der Waals surface area contributed by atoms with Crippen LogP contribution in [-0.2, 0) is 0 Å². The van der Waals surface area contributed by atoms with Crippen molar-refractivity contribution in [2.24, 2.45) is 0 Å². The average molecular weight is 297 g/mol. The normalized spacial score (nSPS) is 16.7. The zero-order valence-corrected chi connectivity index (χ0v) is 13.0. The molecule has 0 saturated carbocycles. The summed E-state index contributed by atoms with van der Waals surface area (Å²) in [6.45, 7) is 4.51.